The third-order valence-electron chi connectivity index (χ3n) is 3.92. The maximum absolute atomic E-state index is 11.7. The summed E-state index contributed by atoms with van der Waals surface area (Å²) in [6.45, 7) is 5.60. The van der Waals surface area contributed by atoms with Gasteiger partial charge in [0.2, 0.25) is 5.91 Å². The highest BCUT2D eigenvalue weighted by Gasteiger charge is 2.42. The fourth-order valence-corrected chi connectivity index (χ4v) is 3.04. The summed E-state index contributed by atoms with van der Waals surface area (Å²) < 4.78 is 0. The van der Waals surface area contributed by atoms with Gasteiger partial charge in [-0.25, -0.2) is 4.79 Å². The molecular weight excluding hydrogens is 246 g/mol. The highest BCUT2D eigenvalue weighted by molar-refractivity contribution is 5.95. The van der Waals surface area contributed by atoms with E-state index >= 15 is 0 Å². The van der Waals surface area contributed by atoms with Gasteiger partial charge < -0.3 is 10.4 Å². The summed E-state index contributed by atoms with van der Waals surface area (Å²) in [6.07, 6.45) is 3.23. The zero-order valence-corrected chi connectivity index (χ0v) is 11.0. The zero-order chi connectivity index (χ0) is 13.8. The van der Waals surface area contributed by atoms with Crippen LogP contribution in [0.5, 0.6) is 0 Å². The number of nitrogens with one attached hydrogen (secondary N) is 2. The van der Waals surface area contributed by atoms with Crippen molar-refractivity contribution in [3.05, 3.63) is 12.7 Å². The van der Waals surface area contributed by atoms with Gasteiger partial charge in [0.15, 0.2) is 0 Å². The first-order chi connectivity index (χ1) is 9.10. The van der Waals surface area contributed by atoms with Crippen molar-refractivity contribution < 1.29 is 14.7 Å². The number of amides is 3. The Labute approximate surface area is 112 Å². The van der Waals surface area contributed by atoms with Crippen LogP contribution in [0.3, 0.4) is 0 Å². The molecule has 2 rings (SSSR count). The van der Waals surface area contributed by atoms with E-state index in [1.807, 2.05) is 4.90 Å². The Balaban J connectivity index is 1.72. The van der Waals surface area contributed by atoms with E-state index in [0.717, 1.165) is 25.9 Å². The molecule has 0 aromatic rings. The van der Waals surface area contributed by atoms with Crippen LogP contribution in [0.15, 0.2) is 12.7 Å². The van der Waals surface area contributed by atoms with Gasteiger partial charge in [-0.3, -0.25) is 15.0 Å². The van der Waals surface area contributed by atoms with E-state index in [4.69, 9.17) is 0 Å². The van der Waals surface area contributed by atoms with Crippen molar-refractivity contribution in [2.45, 2.75) is 18.9 Å². The first-order valence-electron chi connectivity index (χ1n) is 6.69. The second-order valence-electron chi connectivity index (χ2n) is 5.31. The second-order valence-corrected chi connectivity index (χ2v) is 5.31. The highest BCUT2D eigenvalue weighted by atomic mass is 16.3. The van der Waals surface area contributed by atoms with Gasteiger partial charge in [-0.15, -0.1) is 6.58 Å². The van der Waals surface area contributed by atoms with Crippen LogP contribution in [0.1, 0.15) is 12.8 Å². The molecular formula is C13H21N3O3. The lowest BCUT2D eigenvalue weighted by Crippen LogP contribution is -2.44. The van der Waals surface area contributed by atoms with E-state index in [0.29, 0.717) is 18.4 Å². The lowest BCUT2D eigenvalue weighted by Gasteiger charge is -2.17. The van der Waals surface area contributed by atoms with Crippen molar-refractivity contribution >= 4 is 11.9 Å². The fraction of sp³-hybridized carbons (Fsp3) is 0.692. The van der Waals surface area contributed by atoms with Crippen LogP contribution in [-0.2, 0) is 4.79 Å². The van der Waals surface area contributed by atoms with Crippen LogP contribution in [0.2, 0.25) is 0 Å². The molecule has 6 heteroatoms. The molecule has 19 heavy (non-hydrogen) atoms. The van der Waals surface area contributed by atoms with E-state index in [1.54, 1.807) is 6.08 Å². The molecule has 0 radical (unpaired) electrons. The molecule has 3 atom stereocenters. The molecule has 106 valence electrons. The summed E-state index contributed by atoms with van der Waals surface area (Å²) in [7, 11) is 0. The Morgan fingerprint density at radius 3 is 2.84 bits per heavy atom. The van der Waals surface area contributed by atoms with Crippen LogP contribution in [0, 0.1) is 11.8 Å². The molecule has 3 N–H and O–H groups in total. The average Bonchev–Trinajstić information content (AvgIpc) is 2.89. The van der Waals surface area contributed by atoms with Crippen LogP contribution in [0.25, 0.3) is 0 Å². The van der Waals surface area contributed by atoms with Gasteiger partial charge in [-0.1, -0.05) is 6.08 Å². The Bertz CT molecular complexity index is 372. The molecule has 0 spiro atoms. The number of carbonyl (C=O) groups is 2. The van der Waals surface area contributed by atoms with Gasteiger partial charge in [0.05, 0.1) is 12.6 Å². The number of aliphatic hydroxyl groups excluding tert-OH is 1. The Morgan fingerprint density at radius 1 is 1.37 bits per heavy atom. The summed E-state index contributed by atoms with van der Waals surface area (Å²) in [4.78, 5) is 25.0. The molecule has 0 aromatic heterocycles. The first-order valence-corrected chi connectivity index (χ1v) is 6.69. The predicted octanol–water partition coefficient (Wildman–Crippen LogP) is -0.299. The quantitative estimate of drug-likeness (QED) is 0.611. The van der Waals surface area contributed by atoms with Crippen molar-refractivity contribution in [3.8, 4) is 0 Å². The number of hydrogen-bond acceptors (Lipinski definition) is 4. The summed E-state index contributed by atoms with van der Waals surface area (Å²) in [5.74, 6) is 0.482. The SMILES string of the molecule is C=CCNC(=O)NC(=O)CN1CC2CCC(O)C2C1. The van der Waals surface area contributed by atoms with E-state index in [9.17, 15) is 14.7 Å². The van der Waals surface area contributed by atoms with Gasteiger partial charge in [-0.05, 0) is 18.8 Å². The molecule has 2 fully saturated rings. The molecule has 3 amide bonds. The Hall–Kier alpha value is -1.40. The smallest absolute Gasteiger partial charge is 0.321 e. The van der Waals surface area contributed by atoms with Gasteiger partial charge in [0.1, 0.15) is 0 Å². The molecule has 1 aliphatic heterocycles. The topological polar surface area (TPSA) is 81.7 Å². The molecule has 1 heterocycles. The zero-order valence-electron chi connectivity index (χ0n) is 11.0. The Morgan fingerprint density at radius 2 is 2.16 bits per heavy atom. The average molecular weight is 267 g/mol. The lowest BCUT2D eigenvalue weighted by molar-refractivity contribution is -0.121. The van der Waals surface area contributed by atoms with Crippen molar-refractivity contribution in [3.63, 3.8) is 0 Å². The minimum Gasteiger partial charge on any atom is -0.393 e. The van der Waals surface area contributed by atoms with E-state index in [1.165, 1.54) is 0 Å². The molecule has 3 unspecified atom stereocenters. The number of fused-ring (bicyclic) bond motifs is 1. The normalized spacial score (nSPS) is 29.8. The van der Waals surface area contributed by atoms with E-state index < -0.39 is 6.03 Å². The molecule has 1 saturated heterocycles. The van der Waals surface area contributed by atoms with Crippen LogP contribution < -0.4 is 10.6 Å². The van der Waals surface area contributed by atoms with Gasteiger partial charge in [0, 0.05) is 25.6 Å². The third-order valence-corrected chi connectivity index (χ3v) is 3.92. The standard InChI is InChI=1S/C13H21N3O3/c1-2-5-14-13(19)15-12(18)8-16-6-9-3-4-11(17)10(9)7-16/h2,9-11,17H,1,3-8H2,(H2,14,15,18,19). The monoisotopic (exact) mass is 267 g/mol. The fourth-order valence-electron chi connectivity index (χ4n) is 3.04. The minimum atomic E-state index is -0.496. The van der Waals surface area contributed by atoms with Gasteiger partial charge in [0.25, 0.3) is 0 Å². The van der Waals surface area contributed by atoms with Crippen molar-refractivity contribution in [2.75, 3.05) is 26.2 Å². The molecule has 6 nitrogen and oxygen atoms in total. The van der Waals surface area contributed by atoms with Crippen LogP contribution in [-0.4, -0.2) is 54.2 Å². The summed E-state index contributed by atoms with van der Waals surface area (Å²) >= 11 is 0. The van der Waals surface area contributed by atoms with Gasteiger partial charge in [-0.2, -0.15) is 0 Å². The van der Waals surface area contributed by atoms with Gasteiger partial charge >= 0.3 is 6.03 Å². The second kappa shape index (κ2) is 6.16. The number of carbonyl (C=O) groups excluding carboxylic acids is 2. The van der Waals surface area contributed by atoms with E-state index in [2.05, 4.69) is 17.2 Å². The number of urea groups is 1. The number of nitrogens with zero attached hydrogens (tertiary/aromatic N) is 1. The molecule has 1 saturated carbocycles. The number of hydrogen-bond donors (Lipinski definition) is 3. The third kappa shape index (κ3) is 3.54. The highest BCUT2D eigenvalue weighted by Crippen LogP contribution is 2.37. The molecule has 2 aliphatic rings. The Kier molecular flexibility index (Phi) is 4.55. The molecule has 0 bridgehead atoms. The molecule has 1 aliphatic carbocycles. The first kappa shape index (κ1) is 14.0. The number of aliphatic hydroxyl groups is 1. The largest absolute Gasteiger partial charge is 0.393 e. The van der Waals surface area contributed by atoms with Crippen molar-refractivity contribution in [1.82, 2.24) is 15.5 Å². The summed E-state index contributed by atoms with van der Waals surface area (Å²) in [5, 5.41) is 14.6. The minimum absolute atomic E-state index is 0.210. The van der Waals surface area contributed by atoms with Crippen LogP contribution >= 0.6 is 0 Å². The predicted molar refractivity (Wildman–Crippen MR) is 70.4 cm³/mol. The molecule has 0 aromatic carbocycles. The van der Waals surface area contributed by atoms with E-state index in [-0.39, 0.29) is 18.6 Å². The lowest BCUT2D eigenvalue weighted by atomic mass is 10.00. The number of imide groups is 1. The van der Waals surface area contributed by atoms with Crippen LogP contribution in [0.4, 0.5) is 4.79 Å². The number of rotatable bonds is 4. The maximum Gasteiger partial charge on any atom is 0.321 e. The maximum atomic E-state index is 11.7. The summed E-state index contributed by atoms with van der Waals surface area (Å²) in [5.41, 5.74) is 0. The van der Waals surface area contributed by atoms with Crippen molar-refractivity contribution in [2.24, 2.45) is 11.8 Å². The summed E-state index contributed by atoms with van der Waals surface area (Å²) in [6, 6.07) is -0.496. The number of likely N-dealkylation sites (tertiary alicyclic amines) is 1. The van der Waals surface area contributed by atoms with Crippen molar-refractivity contribution in [1.29, 1.82) is 0 Å².